The van der Waals surface area contributed by atoms with E-state index in [2.05, 4.69) is 4.98 Å². The van der Waals surface area contributed by atoms with Crippen LogP contribution in [0.1, 0.15) is 6.92 Å². The highest BCUT2D eigenvalue weighted by atomic mass is 35.5. The summed E-state index contributed by atoms with van der Waals surface area (Å²) in [5, 5.41) is -0.553. The molecule has 0 aliphatic rings. The number of ether oxygens (including phenoxy) is 2. The van der Waals surface area contributed by atoms with Crippen LogP contribution in [0.4, 0.5) is 10.1 Å². The largest absolute Gasteiger partial charge is 0.462 e. The Bertz CT molecular complexity index is 529. The van der Waals surface area contributed by atoms with Crippen LogP contribution in [0.2, 0.25) is 10.0 Å². The van der Waals surface area contributed by atoms with Crippen LogP contribution in [-0.4, -0.2) is 49.2 Å². The lowest BCUT2D eigenvalue weighted by molar-refractivity contribution is -0.151. The van der Waals surface area contributed by atoms with Crippen molar-refractivity contribution in [2.45, 2.75) is 13.0 Å². The van der Waals surface area contributed by atoms with Gasteiger partial charge < -0.3 is 20.1 Å². The van der Waals surface area contributed by atoms with Crippen LogP contribution in [-0.2, 0) is 9.53 Å². The van der Waals surface area contributed by atoms with Crippen LogP contribution in [0.5, 0.6) is 5.88 Å². The van der Waals surface area contributed by atoms with Gasteiger partial charge in [0.2, 0.25) is 11.8 Å². The molecule has 0 aliphatic heterocycles. The number of nitrogen functional groups attached to an aromatic ring is 1. The van der Waals surface area contributed by atoms with E-state index in [1.54, 1.807) is 0 Å². The first-order valence-electron chi connectivity index (χ1n) is 6.02. The van der Waals surface area contributed by atoms with Crippen LogP contribution in [0.3, 0.4) is 0 Å². The molecule has 1 rings (SSSR count). The van der Waals surface area contributed by atoms with Crippen LogP contribution in [0.25, 0.3) is 0 Å². The van der Waals surface area contributed by atoms with Gasteiger partial charge >= 0.3 is 5.97 Å². The van der Waals surface area contributed by atoms with E-state index in [0.29, 0.717) is 6.54 Å². The number of rotatable bonds is 6. The summed E-state index contributed by atoms with van der Waals surface area (Å²) < 4.78 is 23.5. The van der Waals surface area contributed by atoms with Gasteiger partial charge in [-0.3, -0.25) is 0 Å². The summed E-state index contributed by atoms with van der Waals surface area (Å²) in [6, 6.07) is 0. The molecule has 0 saturated heterocycles. The number of carbonyl (C=O) groups is 1. The normalized spacial score (nSPS) is 12.3. The number of likely N-dealkylation sites (N-methyl/N-ethyl adjacent to an activating group) is 1. The zero-order valence-corrected chi connectivity index (χ0v) is 13.3. The molecule has 0 radical (unpaired) electrons. The Balaban J connectivity index is 2.71. The highest BCUT2D eigenvalue weighted by molar-refractivity contribution is 6.39. The average molecular weight is 340 g/mol. The second-order valence-electron chi connectivity index (χ2n) is 4.48. The fourth-order valence-electron chi connectivity index (χ4n) is 1.25. The average Bonchev–Trinajstić information content (AvgIpc) is 2.41. The third-order valence-corrected chi connectivity index (χ3v) is 3.17. The van der Waals surface area contributed by atoms with Crippen molar-refractivity contribution in [3.63, 3.8) is 0 Å². The van der Waals surface area contributed by atoms with Gasteiger partial charge in [-0.15, -0.1) is 0 Å². The predicted molar refractivity (Wildman–Crippen MR) is 78.2 cm³/mol. The Morgan fingerprint density at radius 2 is 2.05 bits per heavy atom. The van der Waals surface area contributed by atoms with E-state index in [-0.39, 0.29) is 23.2 Å². The van der Waals surface area contributed by atoms with Gasteiger partial charge in [-0.1, -0.05) is 23.2 Å². The Morgan fingerprint density at radius 1 is 1.43 bits per heavy atom. The number of anilines is 1. The van der Waals surface area contributed by atoms with E-state index in [1.165, 1.54) is 6.92 Å². The lowest BCUT2D eigenvalue weighted by atomic mass is 10.4. The molecule has 1 aromatic heterocycles. The number of hydrogen-bond donors (Lipinski definition) is 1. The molecular formula is C12H16Cl2FN3O3. The second-order valence-corrected chi connectivity index (χ2v) is 5.24. The van der Waals surface area contributed by atoms with E-state index in [9.17, 15) is 9.18 Å². The number of aromatic nitrogens is 1. The van der Waals surface area contributed by atoms with E-state index in [0.717, 1.165) is 0 Å². The van der Waals surface area contributed by atoms with Crippen LogP contribution in [0.15, 0.2) is 0 Å². The van der Waals surface area contributed by atoms with E-state index < -0.39 is 23.0 Å². The molecule has 1 atom stereocenters. The molecule has 118 valence electrons. The van der Waals surface area contributed by atoms with Crippen molar-refractivity contribution in [1.82, 2.24) is 9.88 Å². The highest BCUT2D eigenvalue weighted by Gasteiger charge is 2.22. The standard InChI is InChI=1S/C12H16Cl2FN3O3/c1-6(12(19)20-5-4-18(2)3)21-11-8(14)9(16)7(13)10(15)17-11/h6H,4-5H2,1-3H3,(H2,16,17)/t6-/m1/s1. The van der Waals surface area contributed by atoms with Crippen LogP contribution >= 0.6 is 23.2 Å². The van der Waals surface area contributed by atoms with Gasteiger partial charge in [0, 0.05) is 6.54 Å². The number of carbonyl (C=O) groups excluding carboxylic acids is 1. The minimum atomic E-state index is -1.03. The number of pyridine rings is 1. The van der Waals surface area contributed by atoms with Crippen molar-refractivity contribution in [3.05, 3.63) is 16.0 Å². The summed E-state index contributed by atoms with van der Waals surface area (Å²) in [5.41, 5.74) is 5.30. The number of nitrogens with two attached hydrogens (primary N) is 1. The molecule has 0 fully saturated rings. The number of halogens is 3. The molecule has 1 heterocycles. The summed E-state index contributed by atoms with van der Waals surface area (Å²) >= 11 is 11.4. The third kappa shape index (κ3) is 4.87. The molecule has 9 heteroatoms. The first kappa shape index (κ1) is 17.7. The maximum Gasteiger partial charge on any atom is 0.347 e. The maximum absolute atomic E-state index is 13.4. The highest BCUT2D eigenvalue weighted by Crippen LogP contribution is 2.35. The number of esters is 1. The van der Waals surface area contributed by atoms with Gasteiger partial charge in [0.15, 0.2) is 6.10 Å². The summed E-state index contributed by atoms with van der Waals surface area (Å²) in [7, 11) is 3.69. The van der Waals surface area contributed by atoms with Gasteiger partial charge in [-0.2, -0.15) is 9.37 Å². The molecule has 0 aromatic carbocycles. The van der Waals surface area contributed by atoms with E-state index >= 15 is 0 Å². The first-order valence-corrected chi connectivity index (χ1v) is 6.77. The summed E-state index contributed by atoms with van der Waals surface area (Å²) in [6.45, 7) is 2.20. The fraction of sp³-hybridized carbons (Fsp3) is 0.500. The van der Waals surface area contributed by atoms with Gasteiger partial charge in [0.1, 0.15) is 16.7 Å². The van der Waals surface area contributed by atoms with E-state index in [4.69, 9.17) is 38.4 Å². The molecular weight excluding hydrogens is 324 g/mol. The first-order chi connectivity index (χ1) is 9.73. The van der Waals surface area contributed by atoms with Crippen LogP contribution in [0, 0.1) is 5.95 Å². The molecule has 0 bridgehead atoms. The topological polar surface area (TPSA) is 77.7 Å². The van der Waals surface area contributed by atoms with Crippen LogP contribution < -0.4 is 10.5 Å². The summed E-state index contributed by atoms with van der Waals surface area (Å²) in [6.07, 6.45) is -1.02. The van der Waals surface area contributed by atoms with Crippen molar-refractivity contribution in [2.75, 3.05) is 33.0 Å². The quantitative estimate of drug-likeness (QED) is 0.630. The minimum absolute atomic E-state index is 0.158. The molecule has 1 aromatic rings. The zero-order chi connectivity index (χ0) is 16.2. The SMILES string of the molecule is C[C@@H](Oc1nc(F)c(Cl)c(N)c1Cl)C(=O)OCCN(C)C. The molecule has 21 heavy (non-hydrogen) atoms. The summed E-state index contributed by atoms with van der Waals surface area (Å²) in [4.78, 5) is 17.0. The molecule has 0 saturated carbocycles. The smallest absolute Gasteiger partial charge is 0.347 e. The van der Waals surface area contributed by atoms with Crippen molar-refractivity contribution in [1.29, 1.82) is 0 Å². The van der Waals surface area contributed by atoms with Gasteiger partial charge in [0.05, 0.1) is 5.69 Å². The van der Waals surface area contributed by atoms with Crippen molar-refractivity contribution in [3.8, 4) is 5.88 Å². The van der Waals surface area contributed by atoms with Crippen molar-refractivity contribution >= 4 is 34.9 Å². The van der Waals surface area contributed by atoms with Gasteiger partial charge in [-0.05, 0) is 21.0 Å². The molecule has 6 nitrogen and oxygen atoms in total. The monoisotopic (exact) mass is 339 g/mol. The van der Waals surface area contributed by atoms with E-state index in [1.807, 2.05) is 19.0 Å². The molecule has 2 N–H and O–H groups in total. The Labute approximate surface area is 131 Å². The Hall–Kier alpha value is -1.31. The predicted octanol–water partition coefficient (Wildman–Crippen LogP) is 1.98. The molecule has 0 amide bonds. The number of hydrogen-bond acceptors (Lipinski definition) is 6. The zero-order valence-electron chi connectivity index (χ0n) is 11.8. The van der Waals surface area contributed by atoms with Gasteiger partial charge in [-0.25, -0.2) is 4.79 Å². The second kappa shape index (κ2) is 7.63. The minimum Gasteiger partial charge on any atom is -0.462 e. The maximum atomic E-state index is 13.4. The van der Waals surface area contributed by atoms with Crippen molar-refractivity contribution < 1.29 is 18.7 Å². The van der Waals surface area contributed by atoms with Crippen molar-refractivity contribution in [2.24, 2.45) is 0 Å². The van der Waals surface area contributed by atoms with Gasteiger partial charge in [0.25, 0.3) is 0 Å². The third-order valence-electron chi connectivity index (χ3n) is 2.44. The lowest BCUT2D eigenvalue weighted by Gasteiger charge is -2.16. The molecule has 0 spiro atoms. The summed E-state index contributed by atoms with van der Waals surface area (Å²) in [5.74, 6) is -1.96. The number of nitrogens with zero attached hydrogens (tertiary/aromatic N) is 2. The Kier molecular flexibility index (Phi) is 6.44. The fourth-order valence-corrected chi connectivity index (χ4v) is 1.62. The lowest BCUT2D eigenvalue weighted by Crippen LogP contribution is -2.29. The molecule has 0 unspecified atom stereocenters. The Morgan fingerprint density at radius 3 is 2.62 bits per heavy atom. The molecule has 0 aliphatic carbocycles.